The molecule has 2 aliphatic rings. The van der Waals surface area contributed by atoms with E-state index in [9.17, 15) is 14.7 Å². The molecule has 3 amide bonds. The highest BCUT2D eigenvalue weighted by atomic mass is 16.6. The van der Waals surface area contributed by atoms with Crippen molar-refractivity contribution >= 4 is 11.9 Å². The summed E-state index contributed by atoms with van der Waals surface area (Å²) < 4.78 is 10.2. The minimum Gasteiger partial charge on any atom is -0.468 e. The Kier molecular flexibility index (Phi) is 5.47. The minimum absolute atomic E-state index is 0.0539. The van der Waals surface area contributed by atoms with Crippen LogP contribution < -0.4 is 10.1 Å². The summed E-state index contributed by atoms with van der Waals surface area (Å²) in [7, 11) is 1.47. The fraction of sp³-hybridized carbons (Fsp3) is 0.647. The first-order valence-electron chi connectivity index (χ1n) is 8.72. The largest absolute Gasteiger partial charge is 0.468 e. The SMILES string of the molecule is COc1ccc(C(=O)N2CC[C@@H](CNC(=O)N3CCCC3)[C@H](O)C2)o1. The molecule has 2 atom stereocenters. The number of β-amino-alcohol motifs (C(OH)–C–C–N with tert-alkyl or cyclic N) is 1. The number of hydrogen-bond donors (Lipinski definition) is 2. The van der Waals surface area contributed by atoms with Gasteiger partial charge in [-0.05, 0) is 25.3 Å². The Labute approximate surface area is 146 Å². The summed E-state index contributed by atoms with van der Waals surface area (Å²) in [5, 5.41) is 13.3. The second-order valence-electron chi connectivity index (χ2n) is 6.57. The molecule has 138 valence electrons. The van der Waals surface area contributed by atoms with E-state index >= 15 is 0 Å². The molecule has 8 nitrogen and oxygen atoms in total. The number of likely N-dealkylation sites (tertiary alicyclic amines) is 2. The zero-order valence-electron chi connectivity index (χ0n) is 14.4. The number of carbonyl (C=O) groups excluding carboxylic acids is 2. The first-order valence-corrected chi connectivity index (χ1v) is 8.72. The van der Waals surface area contributed by atoms with Crippen molar-refractivity contribution in [1.29, 1.82) is 0 Å². The number of aliphatic hydroxyl groups is 1. The maximum atomic E-state index is 12.4. The molecule has 2 aliphatic heterocycles. The molecule has 0 aliphatic carbocycles. The summed E-state index contributed by atoms with van der Waals surface area (Å²) in [5.41, 5.74) is 0. The summed E-state index contributed by atoms with van der Waals surface area (Å²) >= 11 is 0. The van der Waals surface area contributed by atoms with Gasteiger partial charge in [0.2, 0.25) is 0 Å². The highest BCUT2D eigenvalue weighted by Crippen LogP contribution is 2.22. The predicted octanol–water partition coefficient (Wildman–Crippen LogP) is 0.917. The van der Waals surface area contributed by atoms with Crippen molar-refractivity contribution in [3.63, 3.8) is 0 Å². The third kappa shape index (κ3) is 4.07. The summed E-state index contributed by atoms with van der Waals surface area (Å²) in [4.78, 5) is 27.8. The van der Waals surface area contributed by atoms with Gasteiger partial charge in [0.1, 0.15) is 0 Å². The maximum absolute atomic E-state index is 12.4. The molecule has 0 bridgehead atoms. The summed E-state index contributed by atoms with van der Waals surface area (Å²) in [6, 6.07) is 3.09. The number of amides is 3. The van der Waals surface area contributed by atoms with Crippen molar-refractivity contribution < 1.29 is 23.8 Å². The van der Waals surface area contributed by atoms with E-state index in [0.29, 0.717) is 19.5 Å². The summed E-state index contributed by atoms with van der Waals surface area (Å²) in [6.45, 7) is 2.77. The van der Waals surface area contributed by atoms with E-state index < -0.39 is 6.10 Å². The van der Waals surface area contributed by atoms with Crippen LogP contribution in [0.4, 0.5) is 4.79 Å². The fourth-order valence-electron chi connectivity index (χ4n) is 3.35. The number of nitrogens with zero attached hydrogens (tertiary/aromatic N) is 2. The number of nitrogens with one attached hydrogen (secondary N) is 1. The minimum atomic E-state index is -0.673. The van der Waals surface area contributed by atoms with Crippen molar-refractivity contribution in [2.75, 3.05) is 39.8 Å². The summed E-state index contributed by atoms with van der Waals surface area (Å²) in [5.74, 6) is 0.164. The Morgan fingerprint density at radius 3 is 2.68 bits per heavy atom. The van der Waals surface area contributed by atoms with Gasteiger partial charge in [-0.25, -0.2) is 4.79 Å². The number of hydrogen-bond acceptors (Lipinski definition) is 5. The van der Waals surface area contributed by atoms with E-state index in [4.69, 9.17) is 9.15 Å². The lowest BCUT2D eigenvalue weighted by atomic mass is 9.93. The average Bonchev–Trinajstić information content (AvgIpc) is 3.31. The third-order valence-corrected chi connectivity index (χ3v) is 4.91. The van der Waals surface area contributed by atoms with Crippen LogP contribution in [0.2, 0.25) is 0 Å². The van der Waals surface area contributed by atoms with E-state index in [1.165, 1.54) is 7.11 Å². The Balaban J connectivity index is 1.48. The lowest BCUT2D eigenvalue weighted by Gasteiger charge is -2.35. The molecule has 8 heteroatoms. The van der Waals surface area contributed by atoms with Gasteiger partial charge in [0.15, 0.2) is 5.76 Å². The molecule has 3 rings (SSSR count). The number of aliphatic hydroxyl groups excluding tert-OH is 1. The Morgan fingerprint density at radius 1 is 1.28 bits per heavy atom. The van der Waals surface area contributed by atoms with Crippen LogP contribution in [-0.4, -0.2) is 72.8 Å². The van der Waals surface area contributed by atoms with Gasteiger partial charge < -0.3 is 29.4 Å². The lowest BCUT2D eigenvalue weighted by Crippen LogP contribution is -2.50. The molecule has 2 fully saturated rings. The van der Waals surface area contributed by atoms with E-state index in [1.54, 1.807) is 21.9 Å². The zero-order valence-corrected chi connectivity index (χ0v) is 14.4. The Bertz CT molecular complexity index is 611. The van der Waals surface area contributed by atoms with E-state index in [1.807, 2.05) is 0 Å². The number of furan rings is 1. The fourth-order valence-corrected chi connectivity index (χ4v) is 3.35. The monoisotopic (exact) mass is 351 g/mol. The van der Waals surface area contributed by atoms with Gasteiger partial charge in [-0.15, -0.1) is 0 Å². The van der Waals surface area contributed by atoms with Gasteiger partial charge in [-0.1, -0.05) is 0 Å². The van der Waals surface area contributed by atoms with Crippen molar-refractivity contribution in [2.24, 2.45) is 5.92 Å². The van der Waals surface area contributed by atoms with Crippen molar-refractivity contribution in [2.45, 2.75) is 25.4 Å². The quantitative estimate of drug-likeness (QED) is 0.841. The molecule has 2 N–H and O–H groups in total. The number of urea groups is 1. The first-order chi connectivity index (χ1) is 12.1. The number of piperidine rings is 1. The van der Waals surface area contributed by atoms with Crippen LogP contribution in [0.3, 0.4) is 0 Å². The molecule has 0 aromatic carbocycles. The highest BCUT2D eigenvalue weighted by Gasteiger charge is 2.32. The van der Waals surface area contributed by atoms with Gasteiger partial charge in [-0.3, -0.25) is 4.79 Å². The van der Waals surface area contributed by atoms with Gasteiger partial charge in [0, 0.05) is 44.7 Å². The normalized spacial score (nSPS) is 23.6. The first kappa shape index (κ1) is 17.6. The molecule has 3 heterocycles. The maximum Gasteiger partial charge on any atom is 0.317 e. The highest BCUT2D eigenvalue weighted by molar-refractivity contribution is 5.91. The second-order valence-corrected chi connectivity index (χ2v) is 6.57. The number of rotatable bonds is 4. The van der Waals surface area contributed by atoms with Gasteiger partial charge in [0.05, 0.1) is 13.2 Å². The van der Waals surface area contributed by atoms with E-state index in [2.05, 4.69) is 5.32 Å². The topological polar surface area (TPSA) is 95.2 Å². The molecular formula is C17H25N3O5. The average molecular weight is 351 g/mol. The standard InChI is InChI=1S/C17H25N3O5/c1-24-15-5-4-14(25-15)16(22)20-9-6-12(13(21)11-20)10-18-17(23)19-7-2-3-8-19/h4-5,12-13,21H,2-3,6-11H2,1H3,(H,18,23)/t12-,13+/m0/s1. The van der Waals surface area contributed by atoms with Crippen molar-refractivity contribution in [3.8, 4) is 5.95 Å². The van der Waals surface area contributed by atoms with Crippen LogP contribution in [0, 0.1) is 5.92 Å². The molecular weight excluding hydrogens is 326 g/mol. The van der Waals surface area contributed by atoms with Gasteiger partial charge in [-0.2, -0.15) is 0 Å². The molecule has 1 aromatic heterocycles. The van der Waals surface area contributed by atoms with Crippen LogP contribution in [-0.2, 0) is 0 Å². The molecule has 25 heavy (non-hydrogen) atoms. The molecule has 0 radical (unpaired) electrons. The van der Waals surface area contributed by atoms with Crippen LogP contribution >= 0.6 is 0 Å². The Morgan fingerprint density at radius 2 is 2.04 bits per heavy atom. The van der Waals surface area contributed by atoms with Crippen molar-refractivity contribution in [3.05, 3.63) is 17.9 Å². The van der Waals surface area contributed by atoms with Gasteiger partial charge in [0.25, 0.3) is 11.9 Å². The predicted molar refractivity (Wildman–Crippen MR) is 89.5 cm³/mol. The molecule has 0 unspecified atom stereocenters. The molecule has 0 saturated carbocycles. The number of ether oxygens (including phenoxy) is 1. The van der Waals surface area contributed by atoms with E-state index in [0.717, 1.165) is 25.9 Å². The molecule has 2 saturated heterocycles. The van der Waals surface area contributed by atoms with E-state index in [-0.39, 0.29) is 36.1 Å². The Hall–Kier alpha value is -2.22. The van der Waals surface area contributed by atoms with Crippen LogP contribution in [0.1, 0.15) is 29.8 Å². The molecule has 0 spiro atoms. The number of carbonyl (C=O) groups is 2. The van der Waals surface area contributed by atoms with Crippen LogP contribution in [0.15, 0.2) is 16.5 Å². The number of methoxy groups -OCH3 is 1. The molecule has 1 aromatic rings. The second kappa shape index (κ2) is 7.77. The smallest absolute Gasteiger partial charge is 0.317 e. The zero-order chi connectivity index (χ0) is 17.8. The van der Waals surface area contributed by atoms with Crippen LogP contribution in [0.25, 0.3) is 0 Å². The lowest BCUT2D eigenvalue weighted by molar-refractivity contribution is 0.0184. The van der Waals surface area contributed by atoms with Gasteiger partial charge >= 0.3 is 6.03 Å². The van der Waals surface area contributed by atoms with Crippen LogP contribution in [0.5, 0.6) is 5.95 Å². The third-order valence-electron chi connectivity index (χ3n) is 4.91. The summed E-state index contributed by atoms with van der Waals surface area (Å²) in [6.07, 6.45) is 2.06. The van der Waals surface area contributed by atoms with Crippen molar-refractivity contribution in [1.82, 2.24) is 15.1 Å².